The van der Waals surface area contributed by atoms with E-state index in [2.05, 4.69) is 10.2 Å². The van der Waals surface area contributed by atoms with Crippen molar-refractivity contribution in [3.8, 4) is 5.75 Å². The molecule has 0 aromatic heterocycles. The van der Waals surface area contributed by atoms with Crippen LogP contribution >= 0.6 is 12.2 Å². The van der Waals surface area contributed by atoms with Gasteiger partial charge in [0.1, 0.15) is 12.3 Å². The molecule has 0 bridgehead atoms. The highest BCUT2D eigenvalue weighted by Gasteiger charge is 2.21. The number of hydrogen-bond donors (Lipinski definition) is 3. The van der Waals surface area contributed by atoms with Crippen LogP contribution in [0.25, 0.3) is 0 Å². The molecule has 0 saturated carbocycles. The maximum Gasteiger partial charge on any atom is 0.173 e. The highest BCUT2D eigenvalue weighted by atomic mass is 32.1. The van der Waals surface area contributed by atoms with Crippen molar-refractivity contribution in [1.29, 1.82) is 0 Å². The van der Waals surface area contributed by atoms with Crippen LogP contribution in [0, 0.1) is 0 Å². The van der Waals surface area contributed by atoms with Crippen LogP contribution in [0.4, 0.5) is 5.69 Å². The van der Waals surface area contributed by atoms with Gasteiger partial charge in [-0.15, -0.1) is 0 Å². The van der Waals surface area contributed by atoms with E-state index in [4.69, 9.17) is 22.1 Å². The number of benzene rings is 1. The second-order valence-corrected chi connectivity index (χ2v) is 5.48. The summed E-state index contributed by atoms with van der Waals surface area (Å²) in [4.78, 5) is 3.63. The molecule has 0 aliphatic carbocycles. The lowest BCUT2D eigenvalue weighted by molar-refractivity contribution is -0.904. The van der Waals surface area contributed by atoms with Gasteiger partial charge in [0.05, 0.1) is 39.4 Å². The molecule has 1 aliphatic rings. The number of piperazine rings is 1. The van der Waals surface area contributed by atoms with E-state index in [0.717, 1.165) is 49.3 Å². The summed E-state index contributed by atoms with van der Waals surface area (Å²) in [5.41, 5.74) is 0.980. The predicted molar refractivity (Wildman–Crippen MR) is 88.1 cm³/mol. The number of hydrogen-bond acceptors (Lipinski definition) is 3. The maximum atomic E-state index is 8.97. The molecule has 5 nitrogen and oxygen atoms in total. The zero-order valence-corrected chi connectivity index (χ0v) is 13.3. The molecule has 116 valence electrons. The van der Waals surface area contributed by atoms with Crippen LogP contribution in [0.5, 0.6) is 5.75 Å². The standard InChI is InChI=1S/C15H23N3O2S/c1-2-20-14-5-3-13(4-6-14)16-15(21)18-9-7-17(8-10-18)11-12-19/h3-6,19H,2,7-12H2,1H3,(H,16,21)/p+1. The molecule has 3 N–H and O–H groups in total. The number of nitrogens with zero attached hydrogens (tertiary/aromatic N) is 1. The largest absolute Gasteiger partial charge is 0.494 e. The minimum atomic E-state index is 0.254. The molecule has 6 heteroatoms. The van der Waals surface area contributed by atoms with Gasteiger partial charge in [-0.05, 0) is 43.4 Å². The number of quaternary nitrogens is 1. The van der Waals surface area contributed by atoms with Gasteiger partial charge in [-0.25, -0.2) is 0 Å². The van der Waals surface area contributed by atoms with Gasteiger partial charge in [-0.1, -0.05) is 0 Å². The van der Waals surface area contributed by atoms with Crippen LogP contribution in [0.1, 0.15) is 6.92 Å². The predicted octanol–water partition coefficient (Wildman–Crippen LogP) is -0.0251. The topological polar surface area (TPSA) is 49.2 Å². The number of aliphatic hydroxyl groups excluding tert-OH is 1. The molecule has 0 atom stereocenters. The summed E-state index contributed by atoms with van der Waals surface area (Å²) < 4.78 is 5.42. The van der Waals surface area contributed by atoms with E-state index in [1.807, 2.05) is 31.2 Å². The molecular weight excluding hydrogens is 286 g/mol. The number of nitrogens with one attached hydrogen (secondary N) is 2. The molecule has 21 heavy (non-hydrogen) atoms. The van der Waals surface area contributed by atoms with Crippen molar-refractivity contribution in [3.05, 3.63) is 24.3 Å². The Bertz CT molecular complexity index is 445. The van der Waals surface area contributed by atoms with Crippen molar-refractivity contribution in [2.45, 2.75) is 6.92 Å². The van der Waals surface area contributed by atoms with Crippen molar-refractivity contribution in [3.63, 3.8) is 0 Å². The molecule has 1 aromatic carbocycles. The summed E-state index contributed by atoms with van der Waals surface area (Å²) in [6.07, 6.45) is 0. The van der Waals surface area contributed by atoms with Crippen molar-refractivity contribution >= 4 is 23.0 Å². The summed E-state index contributed by atoms with van der Waals surface area (Å²) in [6, 6.07) is 7.84. The average Bonchev–Trinajstić information content (AvgIpc) is 2.50. The Labute approximate surface area is 131 Å². The molecule has 0 radical (unpaired) electrons. The molecule has 1 heterocycles. The van der Waals surface area contributed by atoms with E-state index in [-0.39, 0.29) is 6.61 Å². The molecule has 1 aromatic rings. The lowest BCUT2D eigenvalue weighted by Gasteiger charge is -2.33. The van der Waals surface area contributed by atoms with Crippen molar-refractivity contribution in [2.75, 3.05) is 51.3 Å². The van der Waals surface area contributed by atoms with Gasteiger partial charge < -0.3 is 25.0 Å². The van der Waals surface area contributed by atoms with Crippen LogP contribution < -0.4 is 15.0 Å². The van der Waals surface area contributed by atoms with E-state index in [9.17, 15) is 0 Å². The zero-order valence-electron chi connectivity index (χ0n) is 12.5. The van der Waals surface area contributed by atoms with Gasteiger partial charge in [0.15, 0.2) is 5.11 Å². The Hall–Kier alpha value is -1.37. The van der Waals surface area contributed by atoms with Crippen LogP contribution in [0.3, 0.4) is 0 Å². The van der Waals surface area contributed by atoms with Gasteiger partial charge in [0, 0.05) is 5.69 Å². The van der Waals surface area contributed by atoms with Crippen molar-refractivity contribution in [1.82, 2.24) is 4.90 Å². The first-order valence-corrected chi connectivity index (χ1v) is 7.87. The molecule has 1 aliphatic heterocycles. The van der Waals surface area contributed by atoms with Gasteiger partial charge >= 0.3 is 0 Å². The van der Waals surface area contributed by atoms with E-state index < -0.39 is 0 Å². The van der Waals surface area contributed by atoms with E-state index >= 15 is 0 Å². The van der Waals surface area contributed by atoms with E-state index in [1.165, 1.54) is 4.90 Å². The Morgan fingerprint density at radius 2 is 2.00 bits per heavy atom. The summed E-state index contributed by atoms with van der Waals surface area (Å²) in [5, 5.41) is 13.0. The van der Waals surface area contributed by atoms with Gasteiger partial charge in [-0.2, -0.15) is 0 Å². The monoisotopic (exact) mass is 310 g/mol. The zero-order chi connectivity index (χ0) is 15.1. The number of aliphatic hydroxyl groups is 1. The van der Waals surface area contributed by atoms with Crippen LogP contribution in [-0.2, 0) is 0 Å². The van der Waals surface area contributed by atoms with E-state index in [0.29, 0.717) is 6.61 Å². The fraction of sp³-hybridized carbons (Fsp3) is 0.533. The first kappa shape index (κ1) is 16.0. The van der Waals surface area contributed by atoms with Crippen LogP contribution in [0.15, 0.2) is 24.3 Å². The molecule has 0 amide bonds. The number of ether oxygens (including phenoxy) is 1. The average molecular weight is 310 g/mol. The van der Waals surface area contributed by atoms with Crippen LogP contribution in [-0.4, -0.2) is 61.1 Å². The molecule has 1 saturated heterocycles. The highest BCUT2D eigenvalue weighted by Crippen LogP contribution is 2.16. The summed E-state index contributed by atoms with van der Waals surface area (Å²) in [7, 11) is 0. The molecule has 1 fully saturated rings. The third-order valence-electron chi connectivity index (χ3n) is 3.64. The number of anilines is 1. The first-order valence-electron chi connectivity index (χ1n) is 7.46. The second-order valence-electron chi connectivity index (χ2n) is 5.10. The van der Waals surface area contributed by atoms with Gasteiger partial charge in [0.25, 0.3) is 0 Å². The number of rotatable bonds is 5. The third-order valence-corrected chi connectivity index (χ3v) is 4.00. The van der Waals surface area contributed by atoms with Crippen molar-refractivity contribution in [2.24, 2.45) is 0 Å². The highest BCUT2D eigenvalue weighted by molar-refractivity contribution is 7.80. The normalized spacial score (nSPS) is 15.8. The summed E-state index contributed by atoms with van der Waals surface area (Å²) in [6.45, 7) is 7.62. The quantitative estimate of drug-likeness (QED) is 0.667. The van der Waals surface area contributed by atoms with Crippen molar-refractivity contribution < 1.29 is 14.7 Å². The summed E-state index contributed by atoms with van der Waals surface area (Å²) >= 11 is 5.47. The van der Waals surface area contributed by atoms with Crippen LogP contribution in [0.2, 0.25) is 0 Å². The smallest absolute Gasteiger partial charge is 0.173 e. The second kappa shape index (κ2) is 8.17. The Balaban J connectivity index is 1.81. The lowest BCUT2D eigenvalue weighted by atomic mass is 10.3. The fourth-order valence-corrected chi connectivity index (χ4v) is 2.74. The SMILES string of the molecule is CCOc1ccc(NC(=S)N2CC[NH+](CCO)CC2)cc1. The summed E-state index contributed by atoms with van der Waals surface area (Å²) in [5.74, 6) is 0.871. The fourth-order valence-electron chi connectivity index (χ4n) is 2.44. The molecular formula is C15H24N3O2S+. The Kier molecular flexibility index (Phi) is 6.22. The molecule has 0 spiro atoms. The number of thiocarbonyl (C=S) groups is 1. The van der Waals surface area contributed by atoms with Gasteiger partial charge in [-0.3, -0.25) is 0 Å². The third kappa shape index (κ3) is 4.84. The van der Waals surface area contributed by atoms with Gasteiger partial charge in [0.2, 0.25) is 0 Å². The first-order chi connectivity index (χ1) is 10.2. The molecule has 2 rings (SSSR count). The minimum absolute atomic E-state index is 0.254. The maximum absolute atomic E-state index is 8.97. The molecule has 0 unspecified atom stereocenters. The van der Waals surface area contributed by atoms with E-state index in [1.54, 1.807) is 0 Å². The Morgan fingerprint density at radius 1 is 1.33 bits per heavy atom. The lowest BCUT2D eigenvalue weighted by Crippen LogP contribution is -3.15. The Morgan fingerprint density at radius 3 is 2.57 bits per heavy atom. The minimum Gasteiger partial charge on any atom is -0.494 e.